The lowest BCUT2D eigenvalue weighted by Crippen LogP contribution is -2.49. The number of fused-ring (bicyclic) bond motifs is 1. The highest BCUT2D eigenvalue weighted by Crippen LogP contribution is 2.34. The molecule has 7 nitrogen and oxygen atoms in total. The highest BCUT2D eigenvalue weighted by Gasteiger charge is 2.30. The van der Waals surface area contributed by atoms with E-state index in [-0.39, 0.29) is 17.9 Å². The van der Waals surface area contributed by atoms with E-state index < -0.39 is 0 Å². The van der Waals surface area contributed by atoms with Gasteiger partial charge in [-0.1, -0.05) is 18.2 Å². The average molecular weight is 532 g/mol. The minimum atomic E-state index is -0.155. The molecule has 0 aliphatic carbocycles. The minimum absolute atomic E-state index is 0.0102. The molecule has 0 bridgehead atoms. The van der Waals surface area contributed by atoms with Crippen molar-refractivity contribution in [3.05, 3.63) is 77.4 Å². The van der Waals surface area contributed by atoms with Crippen LogP contribution >= 0.6 is 11.3 Å². The van der Waals surface area contributed by atoms with Crippen molar-refractivity contribution in [2.45, 2.75) is 25.3 Å². The molecule has 5 rings (SSSR count). The maximum Gasteiger partial charge on any atom is 0.255 e. The Morgan fingerprint density at radius 3 is 2.84 bits per heavy atom. The molecule has 2 aromatic carbocycles. The first-order chi connectivity index (χ1) is 18.5. The first kappa shape index (κ1) is 26.0. The van der Waals surface area contributed by atoms with Crippen molar-refractivity contribution in [1.29, 1.82) is 0 Å². The summed E-state index contributed by atoms with van der Waals surface area (Å²) in [5.41, 5.74) is 2.93. The number of hydrogen-bond acceptors (Lipinski definition) is 6. The van der Waals surface area contributed by atoms with Crippen LogP contribution in [-0.2, 0) is 0 Å². The molecule has 38 heavy (non-hydrogen) atoms. The van der Waals surface area contributed by atoms with Gasteiger partial charge in [0.1, 0.15) is 17.9 Å². The van der Waals surface area contributed by atoms with Gasteiger partial charge < -0.3 is 24.3 Å². The van der Waals surface area contributed by atoms with Crippen LogP contribution in [0.4, 0.5) is 0 Å². The number of nitrogens with zero attached hydrogens (tertiary/aromatic N) is 2. The number of likely N-dealkylation sites (N-methyl/N-ethyl adjacent to an activating group) is 1. The van der Waals surface area contributed by atoms with Gasteiger partial charge in [-0.15, -0.1) is 11.3 Å². The Kier molecular flexibility index (Phi) is 8.10. The van der Waals surface area contributed by atoms with Gasteiger partial charge in [0.05, 0.1) is 17.4 Å². The van der Waals surface area contributed by atoms with E-state index in [9.17, 15) is 9.59 Å². The van der Waals surface area contributed by atoms with Crippen molar-refractivity contribution in [3.8, 4) is 16.2 Å². The number of nitrogens with one attached hydrogen (secondary N) is 1. The third kappa shape index (κ3) is 5.76. The Hall–Kier alpha value is -3.62. The third-order valence-corrected chi connectivity index (χ3v) is 7.89. The molecule has 3 heterocycles. The number of hydrogen-bond donors (Lipinski definition) is 1. The quantitative estimate of drug-likeness (QED) is 0.308. The van der Waals surface area contributed by atoms with E-state index >= 15 is 0 Å². The van der Waals surface area contributed by atoms with Crippen LogP contribution in [0.1, 0.15) is 40.0 Å². The molecule has 1 N–H and O–H groups in total. The molecule has 2 amide bonds. The van der Waals surface area contributed by atoms with Crippen LogP contribution in [0, 0.1) is 0 Å². The predicted octanol–water partition coefficient (Wildman–Crippen LogP) is 5.53. The van der Waals surface area contributed by atoms with Gasteiger partial charge in [-0.3, -0.25) is 9.59 Å². The molecule has 0 saturated carbocycles. The molecule has 0 unspecified atom stereocenters. The van der Waals surface area contributed by atoms with Gasteiger partial charge in [-0.2, -0.15) is 0 Å². The second-order valence-electron chi connectivity index (χ2n) is 9.84. The molecule has 8 heteroatoms. The normalized spacial score (nSPS) is 15.7. The van der Waals surface area contributed by atoms with E-state index in [0.717, 1.165) is 47.4 Å². The predicted molar refractivity (Wildman–Crippen MR) is 151 cm³/mol. The summed E-state index contributed by atoms with van der Waals surface area (Å²) in [7, 11) is 4.03. The fourth-order valence-corrected chi connectivity index (χ4v) is 5.79. The first-order valence-corrected chi connectivity index (χ1v) is 13.9. The lowest BCUT2D eigenvalue weighted by Gasteiger charge is -2.36. The Labute approximate surface area is 227 Å². The third-order valence-electron chi connectivity index (χ3n) is 6.93. The van der Waals surface area contributed by atoms with Crippen molar-refractivity contribution in [2.24, 2.45) is 0 Å². The summed E-state index contributed by atoms with van der Waals surface area (Å²) in [6, 6.07) is 17.1. The molecule has 1 atom stereocenters. The number of carbonyl (C=O) groups is 2. The zero-order valence-electron chi connectivity index (χ0n) is 21.8. The van der Waals surface area contributed by atoms with Gasteiger partial charge in [0, 0.05) is 35.9 Å². The highest BCUT2D eigenvalue weighted by molar-refractivity contribution is 7.14. The molecule has 1 fully saturated rings. The van der Waals surface area contributed by atoms with Crippen LogP contribution in [0.5, 0.6) is 5.75 Å². The smallest absolute Gasteiger partial charge is 0.255 e. The minimum Gasteiger partial charge on any atom is -0.492 e. The van der Waals surface area contributed by atoms with Crippen LogP contribution in [0.3, 0.4) is 0 Å². The fraction of sp³-hybridized carbons (Fsp3) is 0.333. The maximum absolute atomic E-state index is 13.8. The molecule has 1 saturated heterocycles. The second-order valence-corrected chi connectivity index (χ2v) is 10.8. The van der Waals surface area contributed by atoms with Gasteiger partial charge in [0.25, 0.3) is 11.8 Å². The summed E-state index contributed by atoms with van der Waals surface area (Å²) >= 11 is 1.56. The van der Waals surface area contributed by atoms with Gasteiger partial charge in [-0.25, -0.2) is 0 Å². The Balaban J connectivity index is 1.29. The Morgan fingerprint density at radius 2 is 1.97 bits per heavy atom. The monoisotopic (exact) mass is 531 g/mol. The molecule has 0 radical (unpaired) electrons. The number of rotatable bonds is 9. The average Bonchev–Trinajstić information content (AvgIpc) is 3.61. The van der Waals surface area contributed by atoms with Crippen molar-refractivity contribution in [2.75, 3.05) is 40.3 Å². The summed E-state index contributed by atoms with van der Waals surface area (Å²) in [6.45, 7) is 2.52. The zero-order chi connectivity index (χ0) is 26.5. The lowest BCUT2D eigenvalue weighted by atomic mass is 9.99. The Morgan fingerprint density at radius 1 is 1.11 bits per heavy atom. The number of carbonyl (C=O) groups excluding carboxylic acids is 2. The summed E-state index contributed by atoms with van der Waals surface area (Å²) < 4.78 is 11.4. The van der Waals surface area contributed by atoms with E-state index in [1.54, 1.807) is 29.7 Å². The molecular weight excluding hydrogens is 498 g/mol. The van der Waals surface area contributed by atoms with Crippen molar-refractivity contribution >= 4 is 34.1 Å². The van der Waals surface area contributed by atoms with Crippen LogP contribution in [-0.4, -0.2) is 68.0 Å². The molecule has 1 aliphatic heterocycles. The summed E-state index contributed by atoms with van der Waals surface area (Å²) in [4.78, 5) is 31.8. The fourth-order valence-electron chi connectivity index (χ4n) is 4.91. The van der Waals surface area contributed by atoms with Crippen LogP contribution in [0.15, 0.2) is 70.7 Å². The van der Waals surface area contributed by atoms with Gasteiger partial charge in [0.2, 0.25) is 0 Å². The van der Waals surface area contributed by atoms with E-state index in [2.05, 4.69) is 10.2 Å². The molecule has 2 aromatic heterocycles. The first-order valence-electron chi connectivity index (χ1n) is 13.0. The largest absolute Gasteiger partial charge is 0.492 e. The topological polar surface area (TPSA) is 75.0 Å². The SMILES string of the molecule is CN(C)CCOc1cccc(-c2sccc2C(=O)N2CCCC[C@H]2CNC(=O)c2cccc3occc23)c1. The molecule has 0 spiro atoms. The highest BCUT2D eigenvalue weighted by atomic mass is 32.1. The number of amides is 2. The zero-order valence-corrected chi connectivity index (χ0v) is 22.6. The number of benzene rings is 2. The number of likely N-dealkylation sites (tertiary alicyclic amines) is 1. The molecular formula is C30H33N3O4S. The summed E-state index contributed by atoms with van der Waals surface area (Å²) in [6.07, 6.45) is 4.44. The summed E-state index contributed by atoms with van der Waals surface area (Å²) in [5, 5.41) is 5.83. The second kappa shape index (κ2) is 11.8. The van der Waals surface area contributed by atoms with E-state index in [1.165, 1.54) is 0 Å². The van der Waals surface area contributed by atoms with Crippen LogP contribution in [0.2, 0.25) is 0 Å². The van der Waals surface area contributed by atoms with E-state index in [0.29, 0.717) is 36.4 Å². The van der Waals surface area contributed by atoms with Gasteiger partial charge >= 0.3 is 0 Å². The molecule has 198 valence electrons. The van der Waals surface area contributed by atoms with Gasteiger partial charge in [-0.05, 0) is 80.7 Å². The standard InChI is InChI=1S/C30H33N3O4S/c1-32(2)15-17-36-23-9-5-7-21(19-23)28-26(13-18-38-28)30(35)33-14-4-3-8-22(33)20-31-29(34)25-10-6-11-27-24(25)12-16-37-27/h5-7,9-13,16,18-19,22H,3-4,8,14-15,17,20H2,1-2H3,(H,31,34)/t22-/m0/s1. The molecule has 1 aliphatic rings. The van der Waals surface area contributed by atoms with Crippen LogP contribution in [0.25, 0.3) is 21.4 Å². The van der Waals surface area contributed by atoms with E-state index in [4.69, 9.17) is 9.15 Å². The Bertz CT molecular complexity index is 1410. The van der Waals surface area contributed by atoms with Crippen LogP contribution < -0.4 is 10.1 Å². The molecule has 4 aromatic rings. The number of thiophene rings is 1. The number of piperidine rings is 1. The number of furan rings is 1. The lowest BCUT2D eigenvalue weighted by molar-refractivity contribution is 0.0604. The van der Waals surface area contributed by atoms with E-state index in [1.807, 2.05) is 66.8 Å². The van der Waals surface area contributed by atoms with Gasteiger partial charge in [0.15, 0.2) is 0 Å². The van der Waals surface area contributed by atoms with Crippen molar-refractivity contribution in [1.82, 2.24) is 15.1 Å². The maximum atomic E-state index is 13.8. The summed E-state index contributed by atoms with van der Waals surface area (Å²) in [5.74, 6) is 0.649. The van der Waals surface area contributed by atoms with Crippen molar-refractivity contribution in [3.63, 3.8) is 0 Å². The number of ether oxygens (including phenoxy) is 1. The van der Waals surface area contributed by atoms with Crippen molar-refractivity contribution < 1.29 is 18.7 Å².